The molecular formula is C22H18FN3O5S. The van der Waals surface area contributed by atoms with E-state index in [1.165, 1.54) is 30.7 Å². The smallest absolute Gasteiger partial charge is 0.262 e. The molecular weight excluding hydrogens is 437 g/mol. The molecule has 8 nitrogen and oxygen atoms in total. The van der Waals surface area contributed by atoms with Crippen LogP contribution in [0.5, 0.6) is 0 Å². The fraction of sp³-hybridized carbons (Fsp3) is 0.0909. The van der Waals surface area contributed by atoms with Gasteiger partial charge >= 0.3 is 0 Å². The lowest BCUT2D eigenvalue weighted by Crippen LogP contribution is -2.22. The van der Waals surface area contributed by atoms with Crippen LogP contribution >= 0.6 is 0 Å². The summed E-state index contributed by atoms with van der Waals surface area (Å²) in [5, 5.41) is 2.72. The first-order chi connectivity index (χ1) is 15.3. The molecule has 0 unspecified atom stereocenters. The number of benzene rings is 2. The summed E-state index contributed by atoms with van der Waals surface area (Å²) in [5.41, 5.74) is 1.47. The van der Waals surface area contributed by atoms with Gasteiger partial charge in [0.2, 0.25) is 5.89 Å². The zero-order valence-corrected chi connectivity index (χ0v) is 17.6. The van der Waals surface area contributed by atoms with Crippen molar-refractivity contribution in [3.8, 4) is 11.5 Å². The molecule has 2 aromatic carbocycles. The van der Waals surface area contributed by atoms with Gasteiger partial charge in [-0.3, -0.25) is 9.52 Å². The molecule has 0 aliphatic rings. The third-order valence-electron chi connectivity index (χ3n) is 4.60. The zero-order valence-electron chi connectivity index (χ0n) is 16.8. The minimum absolute atomic E-state index is 0.108. The fourth-order valence-electron chi connectivity index (χ4n) is 2.96. The van der Waals surface area contributed by atoms with Crippen molar-refractivity contribution in [2.45, 2.75) is 18.4 Å². The summed E-state index contributed by atoms with van der Waals surface area (Å²) in [6.45, 7) is 1.80. The molecule has 0 bridgehead atoms. The Morgan fingerprint density at radius 2 is 1.94 bits per heavy atom. The summed E-state index contributed by atoms with van der Waals surface area (Å²) < 4.78 is 52.0. The molecule has 0 atom stereocenters. The van der Waals surface area contributed by atoms with Crippen LogP contribution < -0.4 is 10.0 Å². The molecule has 0 radical (unpaired) electrons. The number of aromatic nitrogens is 1. The summed E-state index contributed by atoms with van der Waals surface area (Å²) in [7, 11) is -4.04. The van der Waals surface area contributed by atoms with Gasteiger partial charge in [-0.15, -0.1) is 0 Å². The highest BCUT2D eigenvalue weighted by atomic mass is 32.2. The van der Waals surface area contributed by atoms with Crippen molar-refractivity contribution >= 4 is 21.6 Å². The number of anilines is 1. The van der Waals surface area contributed by atoms with Gasteiger partial charge in [0, 0.05) is 0 Å². The Hall–Kier alpha value is -3.92. The molecule has 10 heteroatoms. The van der Waals surface area contributed by atoms with Crippen molar-refractivity contribution in [2.75, 3.05) is 4.72 Å². The van der Waals surface area contributed by atoms with E-state index in [0.717, 1.165) is 12.1 Å². The molecule has 164 valence electrons. The van der Waals surface area contributed by atoms with Gasteiger partial charge < -0.3 is 14.2 Å². The molecule has 4 aromatic rings. The van der Waals surface area contributed by atoms with Crippen molar-refractivity contribution < 1.29 is 26.4 Å². The summed E-state index contributed by atoms with van der Waals surface area (Å²) in [5.74, 6) is -0.347. The van der Waals surface area contributed by atoms with E-state index in [4.69, 9.17) is 8.83 Å². The Labute approximate surface area is 183 Å². The van der Waals surface area contributed by atoms with Crippen LogP contribution in [0.2, 0.25) is 0 Å². The van der Waals surface area contributed by atoms with Gasteiger partial charge in [-0.1, -0.05) is 18.2 Å². The minimum Gasteiger partial charge on any atom is -0.472 e. The van der Waals surface area contributed by atoms with Crippen LogP contribution in [-0.2, 0) is 16.6 Å². The van der Waals surface area contributed by atoms with E-state index in [1.807, 2.05) is 0 Å². The number of para-hydroxylation sites is 1. The second-order valence-corrected chi connectivity index (χ2v) is 8.51. The van der Waals surface area contributed by atoms with Crippen molar-refractivity contribution in [3.05, 3.63) is 90.0 Å². The molecule has 1 amide bonds. The number of furan rings is 1. The fourth-order valence-corrected chi connectivity index (χ4v) is 4.07. The van der Waals surface area contributed by atoms with E-state index in [-0.39, 0.29) is 28.9 Å². The summed E-state index contributed by atoms with van der Waals surface area (Å²) in [6.07, 6.45) is 2.73. The monoisotopic (exact) mass is 455 g/mol. The lowest BCUT2D eigenvalue weighted by Gasteiger charge is -2.11. The average molecular weight is 455 g/mol. The van der Waals surface area contributed by atoms with Crippen molar-refractivity contribution in [2.24, 2.45) is 0 Å². The zero-order chi connectivity index (χ0) is 22.7. The van der Waals surface area contributed by atoms with Crippen LogP contribution in [0, 0.1) is 12.7 Å². The topological polar surface area (TPSA) is 114 Å². The lowest BCUT2D eigenvalue weighted by molar-refractivity contribution is 0.0949. The number of amides is 1. The quantitative estimate of drug-likeness (QED) is 0.433. The van der Waals surface area contributed by atoms with Crippen LogP contribution in [0.1, 0.15) is 21.8 Å². The van der Waals surface area contributed by atoms with E-state index in [0.29, 0.717) is 22.6 Å². The molecule has 2 heterocycles. The van der Waals surface area contributed by atoms with Gasteiger partial charge in [0.25, 0.3) is 15.9 Å². The molecule has 32 heavy (non-hydrogen) atoms. The number of oxazole rings is 1. The van der Waals surface area contributed by atoms with E-state index in [9.17, 15) is 17.6 Å². The predicted molar refractivity (Wildman–Crippen MR) is 114 cm³/mol. The molecule has 2 N–H and O–H groups in total. The first-order valence-electron chi connectivity index (χ1n) is 9.48. The molecule has 0 fully saturated rings. The standard InChI is InChI=1S/C22H18FN3O5S/c1-14-20(12-24-21(27)15-9-10-30-13-15)25-22(31-14)18-7-2-3-8-19(18)26-32(28,29)17-6-4-5-16(23)11-17/h2-11,13,26H,12H2,1H3,(H,24,27). The van der Waals surface area contributed by atoms with Crippen LogP contribution in [0.4, 0.5) is 10.1 Å². The number of sulfonamides is 1. The van der Waals surface area contributed by atoms with Crippen LogP contribution in [-0.4, -0.2) is 19.3 Å². The average Bonchev–Trinajstić information content (AvgIpc) is 3.42. The Kier molecular flexibility index (Phi) is 5.78. The largest absolute Gasteiger partial charge is 0.472 e. The molecule has 0 aliphatic carbocycles. The van der Waals surface area contributed by atoms with Crippen LogP contribution in [0.15, 0.2) is 80.9 Å². The summed E-state index contributed by atoms with van der Waals surface area (Å²) in [6, 6.07) is 12.8. The molecule has 0 aliphatic heterocycles. The van der Waals surface area contributed by atoms with Crippen LogP contribution in [0.25, 0.3) is 11.5 Å². The molecule has 0 saturated heterocycles. The van der Waals surface area contributed by atoms with Gasteiger partial charge in [-0.25, -0.2) is 17.8 Å². The molecule has 0 saturated carbocycles. The third kappa shape index (κ3) is 4.54. The maximum Gasteiger partial charge on any atom is 0.262 e. The van der Waals surface area contributed by atoms with Gasteiger partial charge in [0.1, 0.15) is 23.5 Å². The minimum atomic E-state index is -4.04. The molecule has 4 rings (SSSR count). The van der Waals surface area contributed by atoms with E-state index in [1.54, 1.807) is 31.2 Å². The van der Waals surface area contributed by atoms with Gasteiger partial charge in [-0.2, -0.15) is 0 Å². The summed E-state index contributed by atoms with van der Waals surface area (Å²) >= 11 is 0. The van der Waals surface area contributed by atoms with E-state index >= 15 is 0 Å². The maximum atomic E-state index is 13.5. The Balaban J connectivity index is 1.57. The highest BCUT2D eigenvalue weighted by molar-refractivity contribution is 7.92. The maximum absolute atomic E-state index is 13.5. The highest BCUT2D eigenvalue weighted by Gasteiger charge is 2.20. The number of nitrogens with one attached hydrogen (secondary N) is 2. The van der Waals surface area contributed by atoms with Gasteiger partial charge in [0.15, 0.2) is 0 Å². The first-order valence-corrected chi connectivity index (χ1v) is 11.0. The molecule has 0 spiro atoms. The number of carbonyl (C=O) groups excluding carboxylic acids is 1. The Morgan fingerprint density at radius 3 is 2.69 bits per heavy atom. The number of halogens is 1. The van der Waals surface area contributed by atoms with Gasteiger partial charge in [0.05, 0.1) is 34.5 Å². The van der Waals surface area contributed by atoms with Crippen molar-refractivity contribution in [3.63, 3.8) is 0 Å². The predicted octanol–water partition coefficient (Wildman–Crippen LogP) is 4.11. The Morgan fingerprint density at radius 1 is 1.12 bits per heavy atom. The number of rotatable bonds is 7. The molecule has 2 aromatic heterocycles. The third-order valence-corrected chi connectivity index (χ3v) is 5.96. The number of hydrogen-bond acceptors (Lipinski definition) is 6. The van der Waals surface area contributed by atoms with Crippen molar-refractivity contribution in [1.82, 2.24) is 10.3 Å². The van der Waals surface area contributed by atoms with Crippen LogP contribution in [0.3, 0.4) is 0 Å². The first kappa shape index (κ1) is 21.3. The number of aryl methyl sites for hydroxylation is 1. The Bertz CT molecular complexity index is 1360. The van der Waals surface area contributed by atoms with E-state index in [2.05, 4.69) is 15.0 Å². The second-order valence-electron chi connectivity index (χ2n) is 6.83. The SMILES string of the molecule is Cc1oc(-c2ccccc2NS(=O)(=O)c2cccc(F)c2)nc1CNC(=O)c1ccoc1. The number of carbonyl (C=O) groups is 1. The second kappa shape index (κ2) is 8.67. The van der Waals surface area contributed by atoms with E-state index < -0.39 is 15.8 Å². The normalized spacial score (nSPS) is 11.3. The van der Waals surface area contributed by atoms with Crippen molar-refractivity contribution in [1.29, 1.82) is 0 Å². The lowest BCUT2D eigenvalue weighted by atomic mass is 10.2. The summed E-state index contributed by atoms with van der Waals surface area (Å²) in [4.78, 5) is 16.3. The van der Waals surface area contributed by atoms with Gasteiger partial charge in [-0.05, 0) is 43.3 Å². The highest BCUT2D eigenvalue weighted by Crippen LogP contribution is 2.30. The number of hydrogen-bond donors (Lipinski definition) is 2. The number of nitrogens with zero attached hydrogens (tertiary/aromatic N) is 1.